The average molecular weight is 263 g/mol. The van der Waals surface area contributed by atoms with Crippen molar-refractivity contribution in [2.75, 3.05) is 19.6 Å². The normalized spacial score (nSPS) is 18.9. The molecule has 1 atom stereocenters. The smallest absolute Gasteiger partial charge is 0.410 e. The number of carbonyl (C=O) groups excluding carboxylic acids is 2. The van der Waals surface area contributed by atoms with E-state index in [1.54, 1.807) is 0 Å². The van der Waals surface area contributed by atoms with E-state index in [-0.39, 0.29) is 6.61 Å². The van der Waals surface area contributed by atoms with Crippen LogP contribution in [0.2, 0.25) is 0 Å². The first-order chi connectivity index (χ1) is 9.18. The van der Waals surface area contributed by atoms with Crippen LogP contribution in [-0.2, 0) is 16.1 Å². The van der Waals surface area contributed by atoms with Gasteiger partial charge in [0.25, 0.3) is 0 Å². The maximum Gasteiger partial charge on any atom is 0.410 e. The Labute approximate surface area is 111 Å². The average Bonchev–Trinajstić information content (AvgIpc) is 2.46. The van der Waals surface area contributed by atoms with E-state index < -0.39 is 18.0 Å². The van der Waals surface area contributed by atoms with Crippen molar-refractivity contribution in [2.24, 2.45) is 5.73 Å². The van der Waals surface area contributed by atoms with E-state index in [9.17, 15) is 9.59 Å². The molecule has 3 N–H and O–H groups in total. The van der Waals surface area contributed by atoms with Crippen molar-refractivity contribution in [3.8, 4) is 0 Å². The van der Waals surface area contributed by atoms with Crippen LogP contribution in [0.25, 0.3) is 0 Å². The summed E-state index contributed by atoms with van der Waals surface area (Å²) in [6, 6.07) is 8.75. The van der Waals surface area contributed by atoms with Crippen molar-refractivity contribution in [3.05, 3.63) is 35.9 Å². The molecule has 2 amide bonds. The molecule has 102 valence electrons. The lowest BCUT2D eigenvalue weighted by Gasteiger charge is -2.33. The Morgan fingerprint density at radius 3 is 2.79 bits per heavy atom. The van der Waals surface area contributed by atoms with Crippen LogP contribution in [0, 0.1) is 0 Å². The molecule has 1 aromatic carbocycles. The molecule has 1 aromatic rings. The Hall–Kier alpha value is -2.08. The van der Waals surface area contributed by atoms with Crippen molar-refractivity contribution < 1.29 is 14.3 Å². The highest BCUT2D eigenvalue weighted by molar-refractivity contribution is 5.84. The topological polar surface area (TPSA) is 84.7 Å². The van der Waals surface area contributed by atoms with Gasteiger partial charge >= 0.3 is 6.09 Å². The monoisotopic (exact) mass is 263 g/mol. The molecular formula is C13H17N3O3. The number of nitrogens with two attached hydrogens (primary N) is 1. The first kappa shape index (κ1) is 13.4. The van der Waals surface area contributed by atoms with Crippen LogP contribution < -0.4 is 11.1 Å². The minimum Gasteiger partial charge on any atom is -0.445 e. The van der Waals surface area contributed by atoms with E-state index >= 15 is 0 Å². The third-order valence-electron chi connectivity index (χ3n) is 3.01. The lowest BCUT2D eigenvalue weighted by molar-refractivity contribution is -0.123. The second kappa shape index (κ2) is 6.19. The summed E-state index contributed by atoms with van der Waals surface area (Å²) in [4.78, 5) is 24.6. The Morgan fingerprint density at radius 2 is 2.11 bits per heavy atom. The second-order valence-corrected chi connectivity index (χ2v) is 4.36. The fourth-order valence-corrected chi connectivity index (χ4v) is 1.98. The number of primary amides is 1. The number of ether oxygens (including phenoxy) is 1. The highest BCUT2D eigenvalue weighted by atomic mass is 16.6. The summed E-state index contributed by atoms with van der Waals surface area (Å²) in [7, 11) is 0. The molecule has 2 rings (SSSR count). The zero-order valence-corrected chi connectivity index (χ0v) is 10.5. The van der Waals surface area contributed by atoms with Gasteiger partial charge in [-0.2, -0.15) is 0 Å². The van der Waals surface area contributed by atoms with Crippen molar-refractivity contribution in [1.82, 2.24) is 10.2 Å². The standard InChI is InChI=1S/C13H17N3O3/c14-12(17)11-8-15-6-7-16(11)13(18)19-9-10-4-2-1-3-5-10/h1-5,11,15H,6-9H2,(H2,14,17)/t11-/m1/s1. The van der Waals surface area contributed by atoms with Gasteiger partial charge in [0.1, 0.15) is 12.6 Å². The van der Waals surface area contributed by atoms with Gasteiger partial charge in [0.15, 0.2) is 0 Å². The number of hydrogen-bond acceptors (Lipinski definition) is 4. The molecule has 0 radical (unpaired) electrons. The molecule has 0 saturated carbocycles. The zero-order valence-electron chi connectivity index (χ0n) is 10.5. The van der Waals surface area contributed by atoms with Crippen LogP contribution in [0.1, 0.15) is 5.56 Å². The van der Waals surface area contributed by atoms with Crippen LogP contribution in [-0.4, -0.2) is 42.6 Å². The molecule has 1 aliphatic heterocycles. The molecule has 6 nitrogen and oxygen atoms in total. The van der Waals surface area contributed by atoms with E-state index in [2.05, 4.69) is 5.32 Å². The van der Waals surface area contributed by atoms with Crippen LogP contribution in [0.4, 0.5) is 4.79 Å². The number of carbonyl (C=O) groups is 2. The number of amides is 2. The number of piperazine rings is 1. The molecule has 0 unspecified atom stereocenters. The van der Waals surface area contributed by atoms with Gasteiger partial charge in [0, 0.05) is 19.6 Å². The zero-order chi connectivity index (χ0) is 13.7. The van der Waals surface area contributed by atoms with Crippen molar-refractivity contribution in [3.63, 3.8) is 0 Å². The summed E-state index contributed by atoms with van der Waals surface area (Å²) in [5.41, 5.74) is 6.18. The van der Waals surface area contributed by atoms with Crippen LogP contribution in [0.3, 0.4) is 0 Å². The van der Waals surface area contributed by atoms with Gasteiger partial charge in [-0.05, 0) is 5.56 Å². The number of benzene rings is 1. The van der Waals surface area contributed by atoms with Gasteiger partial charge in [0.05, 0.1) is 0 Å². The molecule has 0 bridgehead atoms. The minimum atomic E-state index is -0.642. The van der Waals surface area contributed by atoms with E-state index in [1.165, 1.54) is 4.90 Å². The van der Waals surface area contributed by atoms with Gasteiger partial charge in [-0.15, -0.1) is 0 Å². The SMILES string of the molecule is NC(=O)[C@H]1CNCCN1C(=O)OCc1ccccc1. The fraction of sp³-hybridized carbons (Fsp3) is 0.385. The minimum absolute atomic E-state index is 0.190. The molecule has 1 fully saturated rings. The summed E-state index contributed by atoms with van der Waals surface area (Å²) in [6.07, 6.45) is -0.505. The Morgan fingerprint density at radius 1 is 1.37 bits per heavy atom. The van der Waals surface area contributed by atoms with Crippen molar-refractivity contribution in [2.45, 2.75) is 12.6 Å². The highest BCUT2D eigenvalue weighted by Gasteiger charge is 2.31. The number of hydrogen-bond donors (Lipinski definition) is 2. The largest absolute Gasteiger partial charge is 0.445 e. The number of nitrogens with zero attached hydrogens (tertiary/aromatic N) is 1. The molecule has 1 aliphatic rings. The quantitative estimate of drug-likeness (QED) is 0.809. The van der Waals surface area contributed by atoms with E-state index in [0.717, 1.165) is 5.56 Å². The Bertz CT molecular complexity index is 450. The number of rotatable bonds is 3. The second-order valence-electron chi connectivity index (χ2n) is 4.36. The molecule has 0 aromatic heterocycles. The van der Waals surface area contributed by atoms with Crippen molar-refractivity contribution >= 4 is 12.0 Å². The third kappa shape index (κ3) is 3.45. The molecule has 1 saturated heterocycles. The molecule has 0 spiro atoms. The van der Waals surface area contributed by atoms with Gasteiger partial charge in [-0.3, -0.25) is 9.69 Å². The Balaban J connectivity index is 1.93. The van der Waals surface area contributed by atoms with Crippen LogP contribution >= 0.6 is 0 Å². The summed E-state index contributed by atoms with van der Waals surface area (Å²) in [5.74, 6) is -0.524. The lowest BCUT2D eigenvalue weighted by atomic mass is 10.2. The van der Waals surface area contributed by atoms with E-state index in [1.807, 2.05) is 30.3 Å². The maximum absolute atomic E-state index is 12.0. The van der Waals surface area contributed by atoms with E-state index in [4.69, 9.17) is 10.5 Å². The molecular weight excluding hydrogens is 246 g/mol. The first-order valence-electron chi connectivity index (χ1n) is 6.16. The number of nitrogens with one attached hydrogen (secondary N) is 1. The fourth-order valence-electron chi connectivity index (χ4n) is 1.98. The summed E-state index contributed by atoms with van der Waals surface area (Å²) in [5, 5.41) is 3.02. The van der Waals surface area contributed by atoms with Gasteiger partial charge in [-0.1, -0.05) is 30.3 Å². The van der Waals surface area contributed by atoms with Gasteiger partial charge in [-0.25, -0.2) is 4.79 Å². The summed E-state index contributed by atoms with van der Waals surface area (Å²) < 4.78 is 5.20. The molecule has 1 heterocycles. The molecule has 19 heavy (non-hydrogen) atoms. The van der Waals surface area contributed by atoms with Gasteiger partial charge in [0.2, 0.25) is 5.91 Å². The third-order valence-corrected chi connectivity index (χ3v) is 3.01. The van der Waals surface area contributed by atoms with Gasteiger partial charge < -0.3 is 15.8 Å². The summed E-state index contributed by atoms with van der Waals surface area (Å²) in [6.45, 7) is 1.61. The van der Waals surface area contributed by atoms with Crippen LogP contribution in [0.5, 0.6) is 0 Å². The van der Waals surface area contributed by atoms with Crippen molar-refractivity contribution in [1.29, 1.82) is 0 Å². The van der Waals surface area contributed by atoms with E-state index in [0.29, 0.717) is 19.6 Å². The Kier molecular flexibility index (Phi) is 4.35. The highest BCUT2D eigenvalue weighted by Crippen LogP contribution is 2.08. The summed E-state index contributed by atoms with van der Waals surface area (Å²) >= 11 is 0. The first-order valence-corrected chi connectivity index (χ1v) is 6.16. The maximum atomic E-state index is 12.0. The predicted molar refractivity (Wildman–Crippen MR) is 69.2 cm³/mol. The molecule has 6 heteroatoms. The lowest BCUT2D eigenvalue weighted by Crippen LogP contribution is -2.58. The van der Waals surface area contributed by atoms with Crippen LogP contribution in [0.15, 0.2) is 30.3 Å². The predicted octanol–water partition coefficient (Wildman–Crippen LogP) is 0.0823. The molecule has 0 aliphatic carbocycles.